The van der Waals surface area contributed by atoms with E-state index in [0.717, 1.165) is 12.8 Å². The number of nitrogens with two attached hydrogens (primary N) is 1. The van der Waals surface area contributed by atoms with Crippen LogP contribution in [0.4, 0.5) is 5.95 Å². The van der Waals surface area contributed by atoms with Crippen LogP contribution in [0.5, 0.6) is 5.88 Å². The van der Waals surface area contributed by atoms with Crippen LogP contribution in [0.1, 0.15) is 40.0 Å². The highest BCUT2D eigenvalue weighted by atomic mass is 35.5. The summed E-state index contributed by atoms with van der Waals surface area (Å²) in [4.78, 5) is 7.88. The topological polar surface area (TPSA) is 61.0 Å². The van der Waals surface area contributed by atoms with Gasteiger partial charge in [-0.15, -0.1) is 0 Å². The lowest BCUT2D eigenvalue weighted by molar-refractivity contribution is 0.0533. The Morgan fingerprint density at radius 1 is 1.44 bits per heavy atom. The SMILES string of the molecule is CC1CC(Oc2nc(N)ncc2Cl)CC(C)(C)C1. The summed E-state index contributed by atoms with van der Waals surface area (Å²) in [5.74, 6) is 1.24. The Morgan fingerprint density at radius 2 is 2.17 bits per heavy atom. The number of anilines is 1. The molecule has 0 aliphatic heterocycles. The fourth-order valence-corrected chi connectivity index (χ4v) is 3.09. The van der Waals surface area contributed by atoms with Gasteiger partial charge in [0.15, 0.2) is 0 Å². The van der Waals surface area contributed by atoms with E-state index in [1.165, 1.54) is 12.6 Å². The highest BCUT2D eigenvalue weighted by Crippen LogP contribution is 2.40. The third-order valence-corrected chi connectivity index (χ3v) is 3.61. The molecule has 100 valence electrons. The molecule has 5 heteroatoms. The summed E-state index contributed by atoms with van der Waals surface area (Å²) >= 11 is 6.02. The van der Waals surface area contributed by atoms with E-state index in [9.17, 15) is 0 Å². The summed E-state index contributed by atoms with van der Waals surface area (Å²) in [6.45, 7) is 6.80. The maximum absolute atomic E-state index is 6.02. The number of nitrogens with zero attached hydrogens (tertiary/aromatic N) is 2. The van der Waals surface area contributed by atoms with Gasteiger partial charge in [-0.1, -0.05) is 32.4 Å². The average molecular weight is 270 g/mol. The van der Waals surface area contributed by atoms with Gasteiger partial charge in [0.25, 0.3) is 0 Å². The summed E-state index contributed by atoms with van der Waals surface area (Å²) in [5, 5.41) is 0.417. The summed E-state index contributed by atoms with van der Waals surface area (Å²) in [5.41, 5.74) is 5.85. The standard InChI is InChI=1S/C13H20ClN3O/c1-8-4-9(6-13(2,3)5-8)18-11-10(14)7-16-12(15)17-11/h7-9H,4-6H2,1-3H3,(H2,15,16,17). The third-order valence-electron chi connectivity index (χ3n) is 3.36. The lowest BCUT2D eigenvalue weighted by atomic mass is 9.71. The Bertz CT molecular complexity index is 436. The zero-order valence-corrected chi connectivity index (χ0v) is 11.9. The smallest absolute Gasteiger partial charge is 0.237 e. The van der Waals surface area contributed by atoms with Crippen molar-refractivity contribution in [2.45, 2.75) is 46.1 Å². The van der Waals surface area contributed by atoms with Crippen molar-refractivity contribution in [2.75, 3.05) is 5.73 Å². The summed E-state index contributed by atoms with van der Waals surface area (Å²) < 4.78 is 5.91. The van der Waals surface area contributed by atoms with Crippen molar-refractivity contribution >= 4 is 17.5 Å². The first-order valence-corrected chi connectivity index (χ1v) is 6.68. The van der Waals surface area contributed by atoms with E-state index >= 15 is 0 Å². The Kier molecular flexibility index (Phi) is 3.66. The minimum atomic E-state index is 0.149. The highest BCUT2D eigenvalue weighted by Gasteiger charge is 2.33. The molecule has 2 N–H and O–H groups in total. The second-order valence-corrected chi connectivity index (χ2v) is 6.44. The molecule has 0 bridgehead atoms. The van der Waals surface area contributed by atoms with Crippen molar-refractivity contribution in [3.8, 4) is 5.88 Å². The lowest BCUT2D eigenvalue weighted by Gasteiger charge is -2.38. The van der Waals surface area contributed by atoms with E-state index in [0.29, 0.717) is 22.2 Å². The predicted molar refractivity (Wildman–Crippen MR) is 72.7 cm³/mol. The van der Waals surface area contributed by atoms with Crippen molar-refractivity contribution in [1.29, 1.82) is 0 Å². The van der Waals surface area contributed by atoms with Crippen LogP contribution in [0.25, 0.3) is 0 Å². The van der Waals surface area contributed by atoms with Crippen molar-refractivity contribution < 1.29 is 4.74 Å². The van der Waals surface area contributed by atoms with Gasteiger partial charge in [-0.2, -0.15) is 4.98 Å². The van der Waals surface area contributed by atoms with Gasteiger partial charge in [-0.25, -0.2) is 4.98 Å². The lowest BCUT2D eigenvalue weighted by Crippen LogP contribution is -2.34. The summed E-state index contributed by atoms with van der Waals surface area (Å²) in [6.07, 6.45) is 4.90. The van der Waals surface area contributed by atoms with Crippen molar-refractivity contribution in [2.24, 2.45) is 11.3 Å². The van der Waals surface area contributed by atoms with Gasteiger partial charge in [0.2, 0.25) is 11.8 Å². The molecule has 0 spiro atoms. The molecule has 0 amide bonds. The maximum atomic E-state index is 6.02. The monoisotopic (exact) mass is 269 g/mol. The maximum Gasteiger partial charge on any atom is 0.237 e. The second kappa shape index (κ2) is 4.92. The van der Waals surface area contributed by atoms with E-state index < -0.39 is 0 Å². The minimum absolute atomic E-state index is 0.149. The molecule has 1 aliphatic carbocycles. The molecule has 1 aliphatic rings. The average Bonchev–Trinajstić information content (AvgIpc) is 2.20. The molecule has 1 aromatic heterocycles. The van der Waals surface area contributed by atoms with E-state index in [1.807, 2.05) is 0 Å². The number of rotatable bonds is 2. The fraction of sp³-hybridized carbons (Fsp3) is 0.692. The number of hydrogen-bond donors (Lipinski definition) is 1. The van der Waals surface area contributed by atoms with Gasteiger partial charge in [-0.3, -0.25) is 0 Å². The molecular formula is C13H20ClN3O. The zero-order chi connectivity index (χ0) is 13.3. The van der Waals surface area contributed by atoms with Gasteiger partial charge in [0.05, 0.1) is 6.20 Å². The molecule has 0 saturated heterocycles. The predicted octanol–water partition coefficient (Wildman–Crippen LogP) is 3.31. The fourth-order valence-electron chi connectivity index (χ4n) is 2.95. The molecular weight excluding hydrogens is 250 g/mol. The van der Waals surface area contributed by atoms with Crippen LogP contribution in [0, 0.1) is 11.3 Å². The quantitative estimate of drug-likeness (QED) is 0.895. The van der Waals surface area contributed by atoms with Crippen LogP contribution in [0.2, 0.25) is 5.02 Å². The van der Waals surface area contributed by atoms with Gasteiger partial charge in [0, 0.05) is 0 Å². The first kappa shape index (κ1) is 13.4. The Hall–Kier alpha value is -1.03. The molecule has 1 heterocycles. The summed E-state index contributed by atoms with van der Waals surface area (Å²) in [6, 6.07) is 0. The van der Waals surface area contributed by atoms with Crippen LogP contribution in [0.3, 0.4) is 0 Å². The molecule has 2 unspecified atom stereocenters. The largest absolute Gasteiger partial charge is 0.473 e. The number of halogens is 1. The Balaban J connectivity index is 2.11. The molecule has 0 radical (unpaired) electrons. The first-order valence-electron chi connectivity index (χ1n) is 6.30. The van der Waals surface area contributed by atoms with E-state index in [1.54, 1.807) is 0 Å². The molecule has 2 atom stereocenters. The van der Waals surface area contributed by atoms with Crippen molar-refractivity contribution in [3.63, 3.8) is 0 Å². The molecule has 2 rings (SSSR count). The van der Waals surface area contributed by atoms with Crippen LogP contribution >= 0.6 is 11.6 Å². The number of nitrogen functional groups attached to an aromatic ring is 1. The summed E-state index contributed by atoms with van der Waals surface area (Å²) in [7, 11) is 0. The number of ether oxygens (including phenoxy) is 1. The van der Waals surface area contributed by atoms with Crippen LogP contribution in [-0.4, -0.2) is 16.1 Å². The van der Waals surface area contributed by atoms with E-state index in [-0.39, 0.29) is 12.1 Å². The van der Waals surface area contributed by atoms with Crippen molar-refractivity contribution in [3.05, 3.63) is 11.2 Å². The molecule has 1 fully saturated rings. The minimum Gasteiger partial charge on any atom is -0.473 e. The normalized spacial score (nSPS) is 26.9. The van der Waals surface area contributed by atoms with Crippen LogP contribution in [-0.2, 0) is 0 Å². The van der Waals surface area contributed by atoms with Gasteiger partial charge in [0.1, 0.15) is 11.1 Å². The number of aromatic nitrogens is 2. The molecule has 0 aromatic carbocycles. The number of hydrogen-bond acceptors (Lipinski definition) is 4. The van der Waals surface area contributed by atoms with Crippen LogP contribution in [0.15, 0.2) is 6.20 Å². The Labute approximate surface area is 113 Å². The van der Waals surface area contributed by atoms with E-state index in [4.69, 9.17) is 22.1 Å². The van der Waals surface area contributed by atoms with Gasteiger partial charge in [-0.05, 0) is 30.6 Å². The zero-order valence-electron chi connectivity index (χ0n) is 11.1. The Morgan fingerprint density at radius 3 is 2.83 bits per heavy atom. The van der Waals surface area contributed by atoms with Gasteiger partial charge < -0.3 is 10.5 Å². The molecule has 18 heavy (non-hydrogen) atoms. The van der Waals surface area contributed by atoms with Crippen molar-refractivity contribution in [1.82, 2.24) is 9.97 Å². The highest BCUT2D eigenvalue weighted by molar-refractivity contribution is 6.31. The van der Waals surface area contributed by atoms with Gasteiger partial charge >= 0.3 is 0 Å². The first-order chi connectivity index (χ1) is 8.35. The molecule has 1 saturated carbocycles. The molecule has 1 aromatic rings. The molecule has 4 nitrogen and oxygen atoms in total. The third kappa shape index (κ3) is 3.25. The second-order valence-electron chi connectivity index (χ2n) is 6.03. The van der Waals surface area contributed by atoms with E-state index in [2.05, 4.69) is 30.7 Å². The van der Waals surface area contributed by atoms with Crippen LogP contribution < -0.4 is 10.5 Å².